The van der Waals surface area contributed by atoms with Crippen molar-refractivity contribution >= 4 is 0 Å². The number of rotatable bonds is 2. The minimum atomic E-state index is -4.37. The topological polar surface area (TPSA) is 50.9 Å². The largest absolute Gasteiger partial charge is 0.506 e. The van der Waals surface area contributed by atoms with Gasteiger partial charge in [0.15, 0.2) is 0 Å². The Morgan fingerprint density at radius 2 is 1.64 bits per heavy atom. The van der Waals surface area contributed by atoms with Crippen molar-refractivity contribution in [1.29, 1.82) is 0 Å². The van der Waals surface area contributed by atoms with Gasteiger partial charge in [-0.1, -0.05) is 29.5 Å². The molecule has 0 saturated carbocycles. The van der Waals surface area contributed by atoms with Crippen molar-refractivity contribution in [3.8, 4) is 22.7 Å². The standard InChI is InChI=1S/C15H10F3N3O/c16-15(17,18)11-7-5-10(6-8-11)12-9-21(20-19-12)13-3-1-2-4-14(13)22/h1-9,22H. The summed E-state index contributed by atoms with van der Waals surface area (Å²) >= 11 is 0. The molecule has 0 bridgehead atoms. The SMILES string of the molecule is Oc1ccccc1-n1cc(-c2ccc(C(F)(F)F)cc2)nn1. The van der Waals surface area contributed by atoms with Gasteiger partial charge in [0.05, 0.1) is 11.8 Å². The molecule has 0 saturated heterocycles. The first kappa shape index (κ1) is 14.1. The van der Waals surface area contributed by atoms with E-state index in [1.165, 1.54) is 29.1 Å². The van der Waals surface area contributed by atoms with E-state index in [0.717, 1.165) is 12.1 Å². The van der Waals surface area contributed by atoms with Crippen LogP contribution in [-0.2, 0) is 6.18 Å². The van der Waals surface area contributed by atoms with Gasteiger partial charge < -0.3 is 5.11 Å². The minimum absolute atomic E-state index is 0.0337. The fourth-order valence-corrected chi connectivity index (χ4v) is 2.00. The van der Waals surface area contributed by atoms with E-state index in [1.54, 1.807) is 18.2 Å². The number of para-hydroxylation sites is 2. The van der Waals surface area contributed by atoms with Crippen LogP contribution >= 0.6 is 0 Å². The Labute approximate surface area is 123 Å². The van der Waals surface area contributed by atoms with Crippen molar-refractivity contribution in [1.82, 2.24) is 15.0 Å². The van der Waals surface area contributed by atoms with E-state index >= 15 is 0 Å². The van der Waals surface area contributed by atoms with Crippen molar-refractivity contribution in [2.75, 3.05) is 0 Å². The average molecular weight is 305 g/mol. The lowest BCUT2D eigenvalue weighted by molar-refractivity contribution is -0.137. The molecule has 1 N–H and O–H groups in total. The molecule has 3 rings (SSSR count). The number of alkyl halides is 3. The Balaban J connectivity index is 1.93. The Morgan fingerprint density at radius 3 is 2.27 bits per heavy atom. The zero-order chi connectivity index (χ0) is 15.7. The van der Waals surface area contributed by atoms with E-state index in [4.69, 9.17) is 0 Å². The Bertz CT molecular complexity index is 794. The van der Waals surface area contributed by atoms with Gasteiger partial charge in [-0.05, 0) is 24.3 Å². The van der Waals surface area contributed by atoms with Crippen molar-refractivity contribution in [2.45, 2.75) is 6.18 Å². The number of phenolic OH excluding ortho intramolecular Hbond substituents is 1. The molecule has 0 radical (unpaired) electrons. The lowest BCUT2D eigenvalue weighted by atomic mass is 10.1. The molecule has 1 aromatic heterocycles. The Hall–Kier alpha value is -2.83. The van der Waals surface area contributed by atoms with Crippen LogP contribution in [0, 0.1) is 0 Å². The molecule has 0 aliphatic heterocycles. The van der Waals surface area contributed by atoms with E-state index in [9.17, 15) is 18.3 Å². The Morgan fingerprint density at radius 1 is 0.955 bits per heavy atom. The molecule has 112 valence electrons. The molecule has 22 heavy (non-hydrogen) atoms. The number of nitrogens with zero attached hydrogens (tertiary/aromatic N) is 3. The first-order chi connectivity index (χ1) is 10.4. The van der Waals surface area contributed by atoms with Crippen molar-refractivity contribution in [3.63, 3.8) is 0 Å². The summed E-state index contributed by atoms with van der Waals surface area (Å²) in [5, 5.41) is 17.6. The van der Waals surface area contributed by atoms with Crippen LogP contribution in [0.2, 0.25) is 0 Å². The van der Waals surface area contributed by atoms with Gasteiger partial charge in [0.2, 0.25) is 0 Å². The number of aromatic hydroxyl groups is 1. The molecule has 0 atom stereocenters. The molecule has 7 heteroatoms. The smallest absolute Gasteiger partial charge is 0.416 e. The van der Waals surface area contributed by atoms with E-state index in [0.29, 0.717) is 16.9 Å². The van der Waals surface area contributed by atoms with Crippen molar-refractivity contribution in [3.05, 3.63) is 60.3 Å². The van der Waals surface area contributed by atoms with Crippen LogP contribution in [0.15, 0.2) is 54.7 Å². The average Bonchev–Trinajstić information content (AvgIpc) is 2.96. The second kappa shape index (κ2) is 5.18. The fourth-order valence-electron chi connectivity index (χ4n) is 2.00. The van der Waals surface area contributed by atoms with E-state index in [1.807, 2.05) is 0 Å². The molecule has 0 spiro atoms. The van der Waals surface area contributed by atoms with Crippen LogP contribution in [0.1, 0.15) is 5.56 Å². The van der Waals surface area contributed by atoms with Gasteiger partial charge in [-0.2, -0.15) is 13.2 Å². The lowest BCUT2D eigenvalue weighted by Gasteiger charge is -2.06. The maximum Gasteiger partial charge on any atom is 0.416 e. The van der Waals surface area contributed by atoms with Gasteiger partial charge in [0, 0.05) is 5.56 Å². The normalized spacial score (nSPS) is 11.6. The van der Waals surface area contributed by atoms with Crippen LogP contribution < -0.4 is 0 Å². The lowest BCUT2D eigenvalue weighted by Crippen LogP contribution is -2.03. The van der Waals surface area contributed by atoms with Crippen LogP contribution in [0.3, 0.4) is 0 Å². The highest BCUT2D eigenvalue weighted by Gasteiger charge is 2.30. The van der Waals surface area contributed by atoms with Gasteiger partial charge >= 0.3 is 6.18 Å². The third-order valence-electron chi connectivity index (χ3n) is 3.13. The predicted molar refractivity (Wildman–Crippen MR) is 73.5 cm³/mol. The molecule has 0 fully saturated rings. The van der Waals surface area contributed by atoms with E-state index in [-0.39, 0.29) is 5.75 Å². The summed E-state index contributed by atoms with van der Waals surface area (Å²) in [6, 6.07) is 11.2. The first-order valence-corrected chi connectivity index (χ1v) is 6.33. The molecular weight excluding hydrogens is 295 g/mol. The van der Waals surface area contributed by atoms with Crippen LogP contribution in [-0.4, -0.2) is 20.1 Å². The number of phenols is 1. The summed E-state index contributed by atoms with van der Waals surface area (Å²) in [5.41, 5.74) is 0.643. The Kier molecular flexibility index (Phi) is 3.32. The van der Waals surface area contributed by atoms with Gasteiger partial charge in [-0.15, -0.1) is 5.10 Å². The van der Waals surface area contributed by atoms with Gasteiger partial charge in [-0.25, -0.2) is 4.68 Å². The monoisotopic (exact) mass is 305 g/mol. The van der Waals surface area contributed by atoms with Gasteiger partial charge in [0.25, 0.3) is 0 Å². The van der Waals surface area contributed by atoms with Crippen molar-refractivity contribution in [2.24, 2.45) is 0 Å². The summed E-state index contributed by atoms with van der Waals surface area (Å²) in [7, 11) is 0. The molecule has 0 aliphatic carbocycles. The maximum absolute atomic E-state index is 12.5. The highest BCUT2D eigenvalue weighted by atomic mass is 19.4. The van der Waals surface area contributed by atoms with Crippen LogP contribution in [0.4, 0.5) is 13.2 Å². The maximum atomic E-state index is 12.5. The molecule has 2 aromatic carbocycles. The quantitative estimate of drug-likeness (QED) is 0.786. The van der Waals surface area contributed by atoms with E-state index < -0.39 is 11.7 Å². The fraction of sp³-hybridized carbons (Fsp3) is 0.0667. The summed E-state index contributed by atoms with van der Waals surface area (Å²) in [4.78, 5) is 0. The highest BCUT2D eigenvalue weighted by molar-refractivity contribution is 5.59. The number of benzene rings is 2. The molecule has 0 amide bonds. The third-order valence-corrected chi connectivity index (χ3v) is 3.13. The summed E-state index contributed by atoms with van der Waals surface area (Å²) in [6.45, 7) is 0. The first-order valence-electron chi connectivity index (χ1n) is 6.33. The molecule has 3 aromatic rings. The second-order valence-corrected chi connectivity index (χ2v) is 4.61. The van der Waals surface area contributed by atoms with E-state index in [2.05, 4.69) is 10.3 Å². The predicted octanol–water partition coefficient (Wildman–Crippen LogP) is 3.66. The molecule has 0 aliphatic rings. The zero-order valence-electron chi connectivity index (χ0n) is 11.1. The van der Waals surface area contributed by atoms with Gasteiger partial charge in [-0.3, -0.25) is 0 Å². The minimum Gasteiger partial charge on any atom is -0.506 e. The molecule has 1 heterocycles. The molecular formula is C15H10F3N3O. The highest BCUT2D eigenvalue weighted by Crippen LogP contribution is 2.30. The number of hydrogen-bond acceptors (Lipinski definition) is 3. The molecule has 0 unspecified atom stereocenters. The summed E-state index contributed by atoms with van der Waals surface area (Å²) in [6.07, 6.45) is -2.83. The summed E-state index contributed by atoms with van der Waals surface area (Å²) < 4.78 is 39.0. The number of halogens is 3. The van der Waals surface area contributed by atoms with Gasteiger partial charge in [0.1, 0.15) is 17.1 Å². The second-order valence-electron chi connectivity index (χ2n) is 4.61. The number of aromatic nitrogens is 3. The number of hydrogen-bond donors (Lipinski definition) is 1. The third kappa shape index (κ3) is 2.65. The van der Waals surface area contributed by atoms with Crippen LogP contribution in [0.25, 0.3) is 16.9 Å². The van der Waals surface area contributed by atoms with Crippen molar-refractivity contribution < 1.29 is 18.3 Å². The molecule has 4 nitrogen and oxygen atoms in total. The summed E-state index contributed by atoms with van der Waals surface area (Å²) in [5.74, 6) is 0.0337. The van der Waals surface area contributed by atoms with Crippen LogP contribution in [0.5, 0.6) is 5.75 Å². The zero-order valence-corrected chi connectivity index (χ0v) is 11.1.